The van der Waals surface area contributed by atoms with Crippen molar-refractivity contribution in [2.24, 2.45) is 5.92 Å². The molecule has 2 amide bonds. The third-order valence-corrected chi connectivity index (χ3v) is 4.87. The van der Waals surface area contributed by atoms with Gasteiger partial charge in [-0.05, 0) is 41.8 Å². The standard InChI is InChI=1S/C20H23N3O3/c1-23-18(24)8-7-17(19(23)15-3-5-16(26-2)6-4-15)20(25)22-13-14-9-11-21-12-10-14/h3-6,9-12,17,19H,7-8,13H2,1-2H3,(H,22,25)/t17-,19+/m1/s1. The molecule has 1 saturated heterocycles. The Morgan fingerprint density at radius 2 is 1.92 bits per heavy atom. The molecule has 26 heavy (non-hydrogen) atoms. The molecule has 0 unspecified atom stereocenters. The first kappa shape index (κ1) is 17.9. The van der Waals surface area contributed by atoms with E-state index in [9.17, 15) is 9.59 Å². The molecule has 1 N–H and O–H groups in total. The molecule has 0 bridgehead atoms. The van der Waals surface area contributed by atoms with Crippen molar-refractivity contribution in [3.05, 3.63) is 59.9 Å². The smallest absolute Gasteiger partial charge is 0.225 e. The zero-order chi connectivity index (χ0) is 18.5. The second-order valence-corrected chi connectivity index (χ2v) is 6.44. The number of carbonyl (C=O) groups is 2. The molecule has 2 aromatic rings. The molecule has 1 fully saturated rings. The Morgan fingerprint density at radius 1 is 1.23 bits per heavy atom. The van der Waals surface area contributed by atoms with Crippen LogP contribution < -0.4 is 10.1 Å². The van der Waals surface area contributed by atoms with Crippen LogP contribution in [0, 0.1) is 5.92 Å². The van der Waals surface area contributed by atoms with E-state index < -0.39 is 0 Å². The molecule has 0 saturated carbocycles. The fourth-order valence-electron chi connectivity index (χ4n) is 3.39. The van der Waals surface area contributed by atoms with E-state index in [0.717, 1.165) is 16.9 Å². The molecule has 0 radical (unpaired) electrons. The molecule has 0 spiro atoms. The Bertz CT molecular complexity index is 762. The third kappa shape index (κ3) is 3.85. The van der Waals surface area contributed by atoms with E-state index in [2.05, 4.69) is 10.3 Å². The molecule has 2 heterocycles. The molecule has 1 aliphatic rings. The van der Waals surface area contributed by atoms with E-state index in [0.29, 0.717) is 19.4 Å². The second kappa shape index (κ2) is 7.99. The van der Waals surface area contributed by atoms with Crippen LogP contribution in [0.2, 0.25) is 0 Å². The second-order valence-electron chi connectivity index (χ2n) is 6.44. The third-order valence-electron chi connectivity index (χ3n) is 4.87. The maximum atomic E-state index is 12.8. The zero-order valence-corrected chi connectivity index (χ0v) is 15.0. The van der Waals surface area contributed by atoms with Gasteiger partial charge in [0.15, 0.2) is 0 Å². The summed E-state index contributed by atoms with van der Waals surface area (Å²) in [6.45, 7) is 0.449. The van der Waals surface area contributed by atoms with E-state index in [1.54, 1.807) is 31.5 Å². The van der Waals surface area contributed by atoms with E-state index >= 15 is 0 Å². The molecule has 1 aromatic heterocycles. The number of pyridine rings is 1. The molecule has 136 valence electrons. The molecule has 1 aromatic carbocycles. The van der Waals surface area contributed by atoms with Crippen LogP contribution in [0.4, 0.5) is 0 Å². The average Bonchev–Trinajstić information content (AvgIpc) is 2.69. The van der Waals surface area contributed by atoms with Crippen LogP contribution in [-0.4, -0.2) is 35.9 Å². The summed E-state index contributed by atoms with van der Waals surface area (Å²) in [7, 11) is 3.38. The Kier molecular flexibility index (Phi) is 5.51. The summed E-state index contributed by atoms with van der Waals surface area (Å²) < 4.78 is 5.20. The van der Waals surface area contributed by atoms with Gasteiger partial charge >= 0.3 is 0 Å². The number of ether oxygens (including phenoxy) is 1. The molecule has 6 heteroatoms. The van der Waals surface area contributed by atoms with Crippen LogP contribution in [0.15, 0.2) is 48.8 Å². The zero-order valence-electron chi connectivity index (χ0n) is 15.0. The molecule has 0 aliphatic carbocycles. The van der Waals surface area contributed by atoms with Crippen LogP contribution in [0.25, 0.3) is 0 Å². The monoisotopic (exact) mass is 353 g/mol. The first-order chi connectivity index (χ1) is 12.6. The van der Waals surface area contributed by atoms with Crippen molar-refractivity contribution in [2.75, 3.05) is 14.2 Å². The van der Waals surface area contributed by atoms with Crippen molar-refractivity contribution in [3.8, 4) is 5.75 Å². The number of hydrogen-bond donors (Lipinski definition) is 1. The topological polar surface area (TPSA) is 71.5 Å². The van der Waals surface area contributed by atoms with Crippen molar-refractivity contribution in [1.82, 2.24) is 15.2 Å². The van der Waals surface area contributed by atoms with Crippen LogP contribution in [0.3, 0.4) is 0 Å². The van der Waals surface area contributed by atoms with Crippen molar-refractivity contribution in [2.45, 2.75) is 25.4 Å². The highest BCUT2D eigenvalue weighted by molar-refractivity contribution is 5.84. The highest BCUT2D eigenvalue weighted by Gasteiger charge is 2.38. The van der Waals surface area contributed by atoms with Crippen molar-refractivity contribution < 1.29 is 14.3 Å². The van der Waals surface area contributed by atoms with E-state index in [4.69, 9.17) is 4.74 Å². The summed E-state index contributed by atoms with van der Waals surface area (Å²) in [5.74, 6) is 0.483. The Labute approximate surface area is 153 Å². The van der Waals surface area contributed by atoms with Gasteiger partial charge in [0.1, 0.15) is 5.75 Å². The Hall–Kier alpha value is -2.89. The van der Waals surface area contributed by atoms with E-state index in [1.807, 2.05) is 36.4 Å². The SMILES string of the molecule is COc1ccc([C@H]2[C@H](C(=O)NCc3ccncc3)CCC(=O)N2C)cc1. The summed E-state index contributed by atoms with van der Waals surface area (Å²) in [6, 6.07) is 11.0. The maximum Gasteiger partial charge on any atom is 0.225 e. The lowest BCUT2D eigenvalue weighted by Crippen LogP contribution is -2.46. The minimum absolute atomic E-state index is 0.0398. The summed E-state index contributed by atoms with van der Waals surface area (Å²) in [5, 5.41) is 3.00. The molecule has 1 aliphatic heterocycles. The van der Waals surface area contributed by atoms with Gasteiger partial charge < -0.3 is 15.0 Å². The normalized spacial score (nSPS) is 19.9. The molecular formula is C20H23N3O3. The van der Waals surface area contributed by atoms with Crippen molar-refractivity contribution in [1.29, 1.82) is 0 Å². The minimum atomic E-state index is -0.284. The first-order valence-electron chi connectivity index (χ1n) is 8.66. The molecule has 6 nitrogen and oxygen atoms in total. The fourth-order valence-corrected chi connectivity index (χ4v) is 3.39. The van der Waals surface area contributed by atoms with E-state index in [1.165, 1.54) is 0 Å². The number of amides is 2. The quantitative estimate of drug-likeness (QED) is 0.895. The van der Waals surface area contributed by atoms with Gasteiger partial charge in [-0.3, -0.25) is 14.6 Å². The number of rotatable bonds is 5. The number of benzene rings is 1. The summed E-state index contributed by atoms with van der Waals surface area (Å²) in [6.07, 6.45) is 4.34. The number of piperidine rings is 1. The predicted octanol–water partition coefficient (Wildman–Crippen LogP) is 2.32. The highest BCUT2D eigenvalue weighted by atomic mass is 16.5. The lowest BCUT2D eigenvalue weighted by atomic mass is 9.84. The summed E-state index contributed by atoms with van der Waals surface area (Å²) in [5.41, 5.74) is 1.93. The lowest BCUT2D eigenvalue weighted by Gasteiger charge is -2.38. The number of likely N-dealkylation sites (tertiary alicyclic amines) is 1. The van der Waals surface area contributed by atoms with Gasteiger partial charge in [-0.15, -0.1) is 0 Å². The molecule has 3 rings (SSSR count). The van der Waals surface area contributed by atoms with Gasteiger partial charge in [-0.25, -0.2) is 0 Å². The average molecular weight is 353 g/mol. The predicted molar refractivity (Wildman–Crippen MR) is 97.3 cm³/mol. The van der Waals surface area contributed by atoms with Gasteiger partial charge in [-0.1, -0.05) is 12.1 Å². The van der Waals surface area contributed by atoms with Crippen LogP contribution in [0.1, 0.15) is 30.0 Å². The van der Waals surface area contributed by atoms with Crippen molar-refractivity contribution >= 4 is 11.8 Å². The van der Waals surface area contributed by atoms with Crippen LogP contribution >= 0.6 is 0 Å². The number of nitrogens with zero attached hydrogens (tertiary/aromatic N) is 2. The van der Waals surface area contributed by atoms with Crippen LogP contribution in [-0.2, 0) is 16.1 Å². The summed E-state index contributed by atoms with van der Waals surface area (Å²) in [4.78, 5) is 30.7. The lowest BCUT2D eigenvalue weighted by molar-refractivity contribution is -0.141. The van der Waals surface area contributed by atoms with Gasteiger partial charge in [0.2, 0.25) is 11.8 Å². The van der Waals surface area contributed by atoms with Gasteiger partial charge in [-0.2, -0.15) is 0 Å². The highest BCUT2D eigenvalue weighted by Crippen LogP contribution is 2.36. The Balaban J connectivity index is 1.78. The number of hydrogen-bond acceptors (Lipinski definition) is 4. The number of aromatic nitrogens is 1. The van der Waals surface area contributed by atoms with Crippen molar-refractivity contribution in [3.63, 3.8) is 0 Å². The van der Waals surface area contributed by atoms with Gasteiger partial charge in [0.05, 0.1) is 19.1 Å². The minimum Gasteiger partial charge on any atom is -0.497 e. The summed E-state index contributed by atoms with van der Waals surface area (Å²) >= 11 is 0. The van der Waals surface area contributed by atoms with Crippen LogP contribution in [0.5, 0.6) is 5.75 Å². The van der Waals surface area contributed by atoms with E-state index in [-0.39, 0.29) is 23.8 Å². The largest absolute Gasteiger partial charge is 0.497 e. The Morgan fingerprint density at radius 3 is 2.58 bits per heavy atom. The molecule has 2 atom stereocenters. The number of nitrogens with one attached hydrogen (secondary N) is 1. The number of carbonyl (C=O) groups excluding carboxylic acids is 2. The molecular weight excluding hydrogens is 330 g/mol. The first-order valence-corrected chi connectivity index (χ1v) is 8.66. The number of methoxy groups -OCH3 is 1. The maximum absolute atomic E-state index is 12.8. The van der Waals surface area contributed by atoms with Gasteiger partial charge in [0.25, 0.3) is 0 Å². The fraction of sp³-hybridized carbons (Fsp3) is 0.350. The van der Waals surface area contributed by atoms with Gasteiger partial charge in [0, 0.05) is 32.4 Å².